The van der Waals surface area contributed by atoms with E-state index in [2.05, 4.69) is 0 Å². The first-order valence-corrected chi connectivity index (χ1v) is 9.29. The predicted molar refractivity (Wildman–Crippen MR) is 95.5 cm³/mol. The monoisotopic (exact) mass is 373 g/mol. The molecule has 7 nitrogen and oxygen atoms in total. The minimum atomic E-state index is -1.33. The van der Waals surface area contributed by atoms with E-state index in [1.807, 2.05) is 32.9 Å². The highest BCUT2D eigenvalue weighted by Gasteiger charge is 2.52. The molecule has 0 radical (unpaired) electrons. The number of rotatable bonds is 3. The highest BCUT2D eigenvalue weighted by molar-refractivity contribution is 5.97. The number of nitrogens with zero attached hydrogens (tertiary/aromatic N) is 2. The maximum absolute atomic E-state index is 13.1. The number of ether oxygens (including phenoxy) is 1. The summed E-state index contributed by atoms with van der Waals surface area (Å²) in [7, 11) is 0. The Balaban J connectivity index is 1.86. The molecule has 27 heavy (non-hydrogen) atoms. The van der Waals surface area contributed by atoms with Crippen molar-refractivity contribution in [2.75, 3.05) is 19.7 Å². The summed E-state index contributed by atoms with van der Waals surface area (Å²) >= 11 is 0. The lowest BCUT2D eigenvalue weighted by atomic mass is 9.95. The second-order valence-corrected chi connectivity index (χ2v) is 7.61. The van der Waals surface area contributed by atoms with E-state index in [1.54, 1.807) is 17.0 Å². The smallest absolute Gasteiger partial charge is 0.256 e. The maximum Gasteiger partial charge on any atom is 0.256 e. The van der Waals surface area contributed by atoms with Gasteiger partial charge in [-0.15, -0.1) is 0 Å². The Bertz CT molecular complexity index is 735. The number of carbonyl (C=O) groups is 3. The molecule has 146 valence electrons. The zero-order valence-corrected chi connectivity index (χ0v) is 15.9. The molecule has 2 aliphatic heterocycles. The van der Waals surface area contributed by atoms with Crippen LogP contribution in [0.2, 0.25) is 0 Å². The lowest BCUT2D eigenvalue weighted by Crippen LogP contribution is -2.60. The molecule has 2 amide bonds. The quantitative estimate of drug-likeness (QED) is 0.772. The number of aliphatic carboxylic acids is 1. The summed E-state index contributed by atoms with van der Waals surface area (Å²) in [5.41, 5.74) is 0.411. The van der Waals surface area contributed by atoms with Crippen molar-refractivity contribution in [2.24, 2.45) is 5.92 Å². The Morgan fingerprint density at radius 1 is 1.15 bits per heavy atom. The first-order valence-electron chi connectivity index (χ1n) is 9.29. The van der Waals surface area contributed by atoms with Gasteiger partial charge in [-0.3, -0.25) is 14.5 Å². The van der Waals surface area contributed by atoms with Crippen LogP contribution < -0.4 is 5.11 Å². The first kappa shape index (κ1) is 19.4. The zero-order chi connectivity index (χ0) is 19.8. The number of aryl methyl sites for hydroxylation is 1. The van der Waals surface area contributed by atoms with E-state index < -0.39 is 17.7 Å². The van der Waals surface area contributed by atoms with Crippen LogP contribution in [0.4, 0.5) is 0 Å². The van der Waals surface area contributed by atoms with Crippen LogP contribution in [0.3, 0.4) is 0 Å². The maximum atomic E-state index is 13.1. The highest BCUT2D eigenvalue weighted by atomic mass is 16.5. The fourth-order valence-corrected chi connectivity index (χ4v) is 3.82. The average molecular weight is 373 g/mol. The number of carboxylic acids is 1. The van der Waals surface area contributed by atoms with Gasteiger partial charge in [0.2, 0.25) is 5.91 Å². The predicted octanol–water partition coefficient (Wildman–Crippen LogP) is 0.561. The third-order valence-corrected chi connectivity index (χ3v) is 5.40. The first-order chi connectivity index (χ1) is 12.7. The molecule has 1 aromatic carbocycles. The van der Waals surface area contributed by atoms with Gasteiger partial charge in [0.05, 0.1) is 18.6 Å². The highest BCUT2D eigenvalue weighted by Crippen LogP contribution is 2.38. The largest absolute Gasteiger partial charge is 0.548 e. The molecule has 3 rings (SSSR count). The Morgan fingerprint density at radius 3 is 2.26 bits per heavy atom. The summed E-state index contributed by atoms with van der Waals surface area (Å²) in [4.78, 5) is 40.1. The van der Waals surface area contributed by atoms with Crippen molar-refractivity contribution < 1.29 is 24.2 Å². The van der Waals surface area contributed by atoms with E-state index in [-0.39, 0.29) is 24.3 Å². The van der Waals surface area contributed by atoms with E-state index >= 15 is 0 Å². The van der Waals surface area contributed by atoms with Crippen molar-refractivity contribution in [3.05, 3.63) is 35.4 Å². The molecule has 2 aliphatic rings. The van der Waals surface area contributed by atoms with Crippen molar-refractivity contribution in [3.63, 3.8) is 0 Å². The molecule has 0 N–H and O–H groups in total. The van der Waals surface area contributed by atoms with Gasteiger partial charge >= 0.3 is 0 Å². The number of piperidine rings is 1. The van der Waals surface area contributed by atoms with E-state index in [4.69, 9.17) is 4.74 Å². The number of hydrogen-bond donors (Lipinski definition) is 0. The summed E-state index contributed by atoms with van der Waals surface area (Å²) < 4.78 is 5.87. The zero-order valence-electron chi connectivity index (χ0n) is 15.9. The summed E-state index contributed by atoms with van der Waals surface area (Å²) in [6.07, 6.45) is 0.764. The van der Waals surface area contributed by atoms with Gasteiger partial charge in [0.1, 0.15) is 5.72 Å². The molecule has 1 aromatic rings. The average Bonchev–Trinajstić information content (AvgIpc) is 3.00. The molecule has 0 bridgehead atoms. The van der Waals surface area contributed by atoms with Gasteiger partial charge in [0.15, 0.2) is 0 Å². The van der Waals surface area contributed by atoms with Gasteiger partial charge in [0.25, 0.3) is 5.91 Å². The third-order valence-electron chi connectivity index (χ3n) is 5.40. The van der Waals surface area contributed by atoms with Crippen molar-refractivity contribution in [1.82, 2.24) is 9.80 Å². The molecule has 0 unspecified atom stereocenters. The number of carbonyl (C=O) groups excluding carboxylic acids is 3. The van der Waals surface area contributed by atoms with Gasteiger partial charge in [-0.05, 0) is 19.1 Å². The standard InChI is InChI=1S/C20H26N2O5/c1-13(2)17(23)21-10-8-20(9-11-21)22(16(12-27-20)19(25)26)18(24)15-6-4-14(3)5-7-15/h4-7,13,16H,8-12H2,1-3H3,(H,25,26)/p-1/t16-/m0/s1. The topological polar surface area (TPSA) is 90.0 Å². The fraction of sp³-hybridized carbons (Fsp3) is 0.550. The van der Waals surface area contributed by atoms with Gasteiger partial charge in [-0.1, -0.05) is 31.5 Å². The van der Waals surface area contributed by atoms with Crippen molar-refractivity contribution in [2.45, 2.75) is 45.4 Å². The molecule has 2 fully saturated rings. The summed E-state index contributed by atoms with van der Waals surface area (Å²) in [6, 6.07) is 5.87. The number of likely N-dealkylation sites (tertiary alicyclic amines) is 1. The van der Waals surface area contributed by atoms with Gasteiger partial charge in [0, 0.05) is 37.4 Å². The minimum absolute atomic E-state index is 0.0516. The summed E-state index contributed by atoms with van der Waals surface area (Å²) in [5.74, 6) is -1.76. The summed E-state index contributed by atoms with van der Waals surface area (Å²) in [5, 5.41) is 11.6. The molecule has 7 heteroatoms. The van der Waals surface area contributed by atoms with Crippen LogP contribution in [0.5, 0.6) is 0 Å². The molecule has 0 saturated carbocycles. The van der Waals surface area contributed by atoms with Crippen LogP contribution in [0.25, 0.3) is 0 Å². The minimum Gasteiger partial charge on any atom is -0.548 e. The Kier molecular flexibility index (Phi) is 5.24. The molecular weight excluding hydrogens is 348 g/mol. The van der Waals surface area contributed by atoms with Crippen LogP contribution in [-0.2, 0) is 14.3 Å². The molecule has 1 spiro atoms. The SMILES string of the molecule is Cc1ccc(C(=O)N2[C@H](C(=O)[O-])COC23CCN(C(=O)C(C)C)CC3)cc1. The second kappa shape index (κ2) is 7.31. The van der Waals surface area contributed by atoms with Gasteiger partial charge < -0.3 is 19.5 Å². The number of hydrogen-bond acceptors (Lipinski definition) is 5. The lowest BCUT2D eigenvalue weighted by Gasteiger charge is -2.45. The molecule has 2 heterocycles. The molecule has 2 saturated heterocycles. The number of carboxylic acid groups (broad SMARTS) is 1. The van der Waals surface area contributed by atoms with E-state index in [9.17, 15) is 19.5 Å². The van der Waals surface area contributed by atoms with E-state index in [0.29, 0.717) is 31.5 Å². The third kappa shape index (κ3) is 3.56. The van der Waals surface area contributed by atoms with Crippen molar-refractivity contribution in [1.29, 1.82) is 0 Å². The number of amides is 2. The van der Waals surface area contributed by atoms with E-state index in [1.165, 1.54) is 4.90 Å². The lowest BCUT2D eigenvalue weighted by molar-refractivity contribution is -0.310. The fourth-order valence-electron chi connectivity index (χ4n) is 3.82. The molecular formula is C20H25N2O5-. The Hall–Kier alpha value is -2.41. The van der Waals surface area contributed by atoms with Crippen LogP contribution >= 0.6 is 0 Å². The van der Waals surface area contributed by atoms with Gasteiger partial charge in [-0.25, -0.2) is 0 Å². The number of benzene rings is 1. The Morgan fingerprint density at radius 2 is 1.74 bits per heavy atom. The van der Waals surface area contributed by atoms with Crippen molar-refractivity contribution >= 4 is 17.8 Å². The summed E-state index contributed by atoms with van der Waals surface area (Å²) in [6.45, 7) is 6.36. The second-order valence-electron chi connectivity index (χ2n) is 7.61. The Labute approximate surface area is 158 Å². The van der Waals surface area contributed by atoms with Crippen LogP contribution in [-0.4, -0.2) is 59.0 Å². The normalized spacial score (nSPS) is 21.7. The van der Waals surface area contributed by atoms with Crippen LogP contribution in [0.1, 0.15) is 42.6 Å². The molecule has 0 aliphatic carbocycles. The molecule has 0 aromatic heterocycles. The van der Waals surface area contributed by atoms with E-state index in [0.717, 1.165) is 5.56 Å². The van der Waals surface area contributed by atoms with Crippen molar-refractivity contribution in [3.8, 4) is 0 Å². The molecule has 1 atom stereocenters. The van der Waals surface area contributed by atoms with Gasteiger partial charge in [-0.2, -0.15) is 0 Å². The van der Waals surface area contributed by atoms with Crippen LogP contribution in [0, 0.1) is 12.8 Å². The van der Waals surface area contributed by atoms with Crippen LogP contribution in [0.15, 0.2) is 24.3 Å².